The van der Waals surface area contributed by atoms with Crippen LogP contribution in [0.5, 0.6) is 0 Å². The van der Waals surface area contributed by atoms with Gasteiger partial charge in [0.05, 0.1) is 17.7 Å². The summed E-state index contributed by atoms with van der Waals surface area (Å²) in [5.74, 6) is -0.485. The lowest BCUT2D eigenvalue weighted by molar-refractivity contribution is -0.136. The Morgan fingerprint density at radius 1 is 0.607 bits per heavy atom. The van der Waals surface area contributed by atoms with Crippen LogP contribution in [0.3, 0.4) is 0 Å². The number of imide groups is 1. The molecule has 0 radical (unpaired) electrons. The molecule has 3 aromatic carbocycles. The molecule has 0 spiro atoms. The summed E-state index contributed by atoms with van der Waals surface area (Å²) in [6.45, 7) is 4.27. The van der Waals surface area contributed by atoms with Crippen LogP contribution in [0.15, 0.2) is 78.9 Å². The van der Waals surface area contributed by atoms with E-state index in [-0.39, 0.29) is 18.4 Å². The fourth-order valence-corrected chi connectivity index (χ4v) is 3.46. The van der Waals surface area contributed by atoms with E-state index >= 15 is 0 Å². The molecule has 0 aromatic heterocycles. The van der Waals surface area contributed by atoms with E-state index in [0.29, 0.717) is 11.1 Å². The number of amides is 2. The second kappa shape index (κ2) is 7.28. The van der Waals surface area contributed by atoms with Crippen molar-refractivity contribution in [3.63, 3.8) is 0 Å². The topological polar surface area (TPSA) is 37.4 Å². The molecule has 28 heavy (non-hydrogen) atoms. The number of carbonyl (C=O) groups is 2. The zero-order valence-corrected chi connectivity index (χ0v) is 16.0. The van der Waals surface area contributed by atoms with E-state index in [0.717, 1.165) is 27.8 Å². The first-order valence-electron chi connectivity index (χ1n) is 9.33. The smallest absolute Gasteiger partial charge is 0.262 e. The first kappa shape index (κ1) is 17.9. The molecule has 138 valence electrons. The lowest BCUT2D eigenvalue weighted by Gasteiger charge is -2.15. The van der Waals surface area contributed by atoms with Gasteiger partial charge in [0.1, 0.15) is 0 Å². The third kappa shape index (κ3) is 3.27. The van der Waals surface area contributed by atoms with Crippen LogP contribution in [0.2, 0.25) is 0 Å². The minimum Gasteiger partial charge on any atom is -0.270 e. The van der Waals surface area contributed by atoms with Crippen molar-refractivity contribution < 1.29 is 9.59 Å². The fourth-order valence-electron chi connectivity index (χ4n) is 3.46. The first-order valence-corrected chi connectivity index (χ1v) is 9.33. The fraction of sp³-hybridized carbons (Fsp3) is 0.120. The van der Waals surface area contributed by atoms with Gasteiger partial charge in [0, 0.05) is 0 Å². The molecular formula is C25H21NO2. The molecule has 0 aliphatic carbocycles. The molecule has 0 saturated heterocycles. The predicted octanol–water partition coefficient (Wildman–Crippen LogP) is 4.78. The molecule has 0 unspecified atom stereocenters. The van der Waals surface area contributed by atoms with Gasteiger partial charge < -0.3 is 0 Å². The Hall–Kier alpha value is -3.46. The highest BCUT2D eigenvalue weighted by molar-refractivity contribution is 6.48. The lowest BCUT2D eigenvalue weighted by Crippen LogP contribution is -2.30. The molecule has 1 aliphatic rings. The minimum atomic E-state index is -0.242. The third-order valence-electron chi connectivity index (χ3n) is 5.03. The molecule has 0 fully saturated rings. The molecule has 3 heteroatoms. The van der Waals surface area contributed by atoms with Crippen molar-refractivity contribution in [1.82, 2.24) is 4.90 Å². The van der Waals surface area contributed by atoms with Crippen LogP contribution in [0.25, 0.3) is 11.1 Å². The van der Waals surface area contributed by atoms with Gasteiger partial charge in [-0.25, -0.2) is 0 Å². The summed E-state index contributed by atoms with van der Waals surface area (Å²) in [4.78, 5) is 28.0. The summed E-state index contributed by atoms with van der Waals surface area (Å²) >= 11 is 0. The maximum absolute atomic E-state index is 13.3. The number of carbonyl (C=O) groups excluding carboxylic acids is 2. The van der Waals surface area contributed by atoms with Gasteiger partial charge in [0.2, 0.25) is 0 Å². The highest BCUT2D eigenvalue weighted by atomic mass is 16.2. The zero-order valence-electron chi connectivity index (χ0n) is 16.0. The normalized spacial score (nSPS) is 14.1. The number of aryl methyl sites for hydroxylation is 2. The van der Waals surface area contributed by atoms with Crippen molar-refractivity contribution in [3.05, 3.63) is 107 Å². The molecule has 0 bridgehead atoms. The zero-order chi connectivity index (χ0) is 19.7. The largest absolute Gasteiger partial charge is 0.270 e. The first-order chi connectivity index (χ1) is 13.5. The second-order valence-corrected chi connectivity index (χ2v) is 7.16. The Morgan fingerprint density at radius 2 is 1.04 bits per heavy atom. The summed E-state index contributed by atoms with van der Waals surface area (Å²) in [5, 5.41) is 0. The molecule has 2 amide bonds. The Labute approximate surface area is 164 Å². The highest BCUT2D eigenvalue weighted by Gasteiger charge is 2.39. The van der Waals surface area contributed by atoms with Crippen molar-refractivity contribution in [1.29, 1.82) is 0 Å². The van der Waals surface area contributed by atoms with E-state index in [9.17, 15) is 9.59 Å². The van der Waals surface area contributed by atoms with Crippen LogP contribution in [-0.4, -0.2) is 16.7 Å². The van der Waals surface area contributed by atoms with Crippen molar-refractivity contribution in [2.45, 2.75) is 20.4 Å². The van der Waals surface area contributed by atoms with Crippen molar-refractivity contribution in [2.75, 3.05) is 0 Å². The number of benzene rings is 3. The molecule has 3 aromatic rings. The number of rotatable bonds is 4. The molecule has 1 aliphatic heterocycles. The van der Waals surface area contributed by atoms with Crippen molar-refractivity contribution >= 4 is 23.0 Å². The van der Waals surface area contributed by atoms with Gasteiger partial charge >= 0.3 is 0 Å². The van der Waals surface area contributed by atoms with Crippen LogP contribution in [0.1, 0.15) is 27.8 Å². The minimum absolute atomic E-state index is 0.242. The summed E-state index contributed by atoms with van der Waals surface area (Å²) in [7, 11) is 0. The molecule has 0 saturated carbocycles. The number of hydrogen-bond acceptors (Lipinski definition) is 2. The van der Waals surface area contributed by atoms with Gasteiger partial charge in [-0.15, -0.1) is 0 Å². The third-order valence-corrected chi connectivity index (χ3v) is 5.03. The van der Waals surface area contributed by atoms with Crippen LogP contribution in [0.4, 0.5) is 0 Å². The van der Waals surface area contributed by atoms with Gasteiger partial charge in [-0.3, -0.25) is 14.5 Å². The van der Waals surface area contributed by atoms with Gasteiger partial charge in [-0.1, -0.05) is 90.0 Å². The Kier molecular flexibility index (Phi) is 4.66. The summed E-state index contributed by atoms with van der Waals surface area (Å²) < 4.78 is 0. The molecule has 4 rings (SSSR count). The molecule has 1 heterocycles. The Bertz CT molecular complexity index is 994. The van der Waals surface area contributed by atoms with E-state index in [1.165, 1.54) is 4.90 Å². The van der Waals surface area contributed by atoms with Crippen LogP contribution < -0.4 is 0 Å². The molecular weight excluding hydrogens is 346 g/mol. The maximum atomic E-state index is 13.3. The molecule has 0 N–H and O–H groups in total. The molecule has 0 atom stereocenters. The van der Waals surface area contributed by atoms with E-state index < -0.39 is 0 Å². The van der Waals surface area contributed by atoms with Gasteiger partial charge in [-0.2, -0.15) is 0 Å². The van der Waals surface area contributed by atoms with E-state index in [2.05, 4.69) is 0 Å². The quantitative estimate of drug-likeness (QED) is 0.622. The number of hydrogen-bond donors (Lipinski definition) is 0. The van der Waals surface area contributed by atoms with Crippen molar-refractivity contribution in [2.24, 2.45) is 0 Å². The average Bonchev–Trinajstić information content (AvgIpc) is 2.95. The van der Waals surface area contributed by atoms with Gasteiger partial charge in [0.15, 0.2) is 0 Å². The lowest BCUT2D eigenvalue weighted by atomic mass is 9.95. The Morgan fingerprint density at radius 3 is 1.46 bits per heavy atom. The molecule has 3 nitrogen and oxygen atoms in total. The van der Waals surface area contributed by atoms with E-state index in [1.807, 2.05) is 92.7 Å². The predicted molar refractivity (Wildman–Crippen MR) is 111 cm³/mol. The van der Waals surface area contributed by atoms with Crippen molar-refractivity contribution in [3.8, 4) is 0 Å². The summed E-state index contributed by atoms with van der Waals surface area (Å²) in [5.41, 5.74) is 5.65. The van der Waals surface area contributed by atoms with Crippen LogP contribution in [0, 0.1) is 13.8 Å². The maximum Gasteiger partial charge on any atom is 0.262 e. The van der Waals surface area contributed by atoms with E-state index in [1.54, 1.807) is 0 Å². The highest BCUT2D eigenvalue weighted by Crippen LogP contribution is 2.36. The summed E-state index contributed by atoms with van der Waals surface area (Å²) in [6, 6.07) is 25.1. The second-order valence-electron chi connectivity index (χ2n) is 7.16. The van der Waals surface area contributed by atoms with Gasteiger partial charge in [-0.05, 0) is 30.5 Å². The average molecular weight is 367 g/mol. The van der Waals surface area contributed by atoms with Gasteiger partial charge in [0.25, 0.3) is 11.8 Å². The van der Waals surface area contributed by atoms with E-state index in [4.69, 9.17) is 0 Å². The Balaban J connectivity index is 1.82. The monoisotopic (exact) mass is 367 g/mol. The standard InChI is InChI=1S/C25H21NO2/c1-17-8-12-20(13-9-17)22-23(21-14-10-18(2)11-15-21)25(28)26(24(22)27)16-19-6-4-3-5-7-19/h3-15H,16H2,1-2H3. The summed E-state index contributed by atoms with van der Waals surface area (Å²) in [6.07, 6.45) is 0. The number of nitrogens with zero attached hydrogens (tertiary/aromatic N) is 1. The SMILES string of the molecule is Cc1ccc(C2=C(c3ccc(C)cc3)C(=O)N(Cc3ccccc3)C2=O)cc1. The van der Waals surface area contributed by atoms with Crippen LogP contribution >= 0.6 is 0 Å². The van der Waals surface area contributed by atoms with Crippen LogP contribution in [-0.2, 0) is 16.1 Å².